The highest BCUT2D eigenvalue weighted by Gasteiger charge is 2.43. The summed E-state index contributed by atoms with van der Waals surface area (Å²) in [5.74, 6) is -0.453. The fraction of sp³-hybridized carbons (Fsp3) is 0.647. The first-order valence-corrected chi connectivity index (χ1v) is 9.69. The smallest absolute Gasteiger partial charge is 0.241 e. The maximum Gasteiger partial charge on any atom is 0.241 e. The van der Waals surface area contributed by atoms with Crippen LogP contribution in [-0.2, 0) is 19.5 Å². The molecule has 0 amide bonds. The maximum absolute atomic E-state index is 12.6. The fourth-order valence-electron chi connectivity index (χ4n) is 3.76. The van der Waals surface area contributed by atoms with E-state index in [1.807, 2.05) is 32.9 Å². The molecule has 2 fully saturated rings. The van der Waals surface area contributed by atoms with Crippen LogP contribution in [0.4, 0.5) is 0 Å². The van der Waals surface area contributed by atoms with Crippen LogP contribution in [0.5, 0.6) is 0 Å². The number of sulfonamides is 1. The van der Waals surface area contributed by atoms with Crippen molar-refractivity contribution in [3.63, 3.8) is 0 Å². The quantitative estimate of drug-likeness (QED) is 0.916. The third kappa shape index (κ3) is 3.45. The number of nitrogens with one attached hydrogen (secondary N) is 1. The van der Waals surface area contributed by atoms with Crippen molar-refractivity contribution in [1.82, 2.24) is 4.72 Å². The first-order valence-electron chi connectivity index (χ1n) is 8.21. The molecule has 1 aromatic carbocycles. The van der Waals surface area contributed by atoms with E-state index in [0.717, 1.165) is 42.4 Å². The molecule has 1 spiro atoms. The number of ether oxygens (including phenoxy) is 2. The van der Waals surface area contributed by atoms with E-state index in [2.05, 4.69) is 4.72 Å². The molecule has 1 atom stereocenters. The minimum Gasteiger partial charge on any atom is -0.347 e. The van der Waals surface area contributed by atoms with Crippen LogP contribution in [0, 0.1) is 20.8 Å². The van der Waals surface area contributed by atoms with Crippen molar-refractivity contribution in [2.75, 3.05) is 13.2 Å². The molecule has 1 heterocycles. The molecule has 0 radical (unpaired) electrons. The summed E-state index contributed by atoms with van der Waals surface area (Å²) in [6, 6.07) is 3.79. The van der Waals surface area contributed by atoms with E-state index in [9.17, 15) is 8.42 Å². The summed E-state index contributed by atoms with van der Waals surface area (Å²) in [7, 11) is -3.55. The van der Waals surface area contributed by atoms with E-state index in [4.69, 9.17) is 9.47 Å². The van der Waals surface area contributed by atoms with E-state index >= 15 is 0 Å². The van der Waals surface area contributed by atoms with Gasteiger partial charge in [0, 0.05) is 19.4 Å². The molecule has 2 aliphatic rings. The Kier molecular flexibility index (Phi) is 4.53. The molecule has 6 heteroatoms. The van der Waals surface area contributed by atoms with Gasteiger partial charge >= 0.3 is 0 Å². The van der Waals surface area contributed by atoms with Gasteiger partial charge in [-0.3, -0.25) is 0 Å². The van der Waals surface area contributed by atoms with Crippen molar-refractivity contribution in [3.8, 4) is 0 Å². The molecule has 5 nitrogen and oxygen atoms in total. The Morgan fingerprint density at radius 2 is 1.78 bits per heavy atom. The first kappa shape index (κ1) is 16.9. The van der Waals surface area contributed by atoms with E-state index in [1.165, 1.54) is 0 Å². The van der Waals surface area contributed by atoms with Gasteiger partial charge in [0.15, 0.2) is 5.79 Å². The monoisotopic (exact) mass is 339 g/mol. The van der Waals surface area contributed by atoms with Gasteiger partial charge < -0.3 is 9.47 Å². The number of hydrogen-bond acceptors (Lipinski definition) is 4. The van der Waals surface area contributed by atoms with Crippen molar-refractivity contribution >= 4 is 10.0 Å². The summed E-state index contributed by atoms with van der Waals surface area (Å²) in [6.45, 7) is 6.33. The average Bonchev–Trinajstić information content (AvgIpc) is 3.06. The van der Waals surface area contributed by atoms with Gasteiger partial charge in [0.1, 0.15) is 0 Å². The van der Waals surface area contributed by atoms with Crippen molar-refractivity contribution in [3.05, 3.63) is 28.8 Å². The highest BCUT2D eigenvalue weighted by atomic mass is 32.2. The Bertz CT molecular complexity index is 670. The van der Waals surface area contributed by atoms with Gasteiger partial charge in [-0.15, -0.1) is 0 Å². The molecule has 1 aliphatic heterocycles. The van der Waals surface area contributed by atoms with Crippen LogP contribution >= 0.6 is 0 Å². The Labute approximate surface area is 138 Å². The fourth-order valence-corrected chi connectivity index (χ4v) is 5.27. The lowest BCUT2D eigenvalue weighted by Crippen LogP contribution is -2.35. The van der Waals surface area contributed by atoms with Crippen molar-refractivity contribution in [2.45, 2.75) is 63.2 Å². The molecule has 0 aromatic heterocycles. The second kappa shape index (κ2) is 6.16. The van der Waals surface area contributed by atoms with Crippen molar-refractivity contribution in [1.29, 1.82) is 0 Å². The van der Waals surface area contributed by atoms with Gasteiger partial charge in [-0.05, 0) is 44.7 Å². The molecule has 0 bridgehead atoms. The predicted octanol–water partition coefficient (Wildman–Crippen LogP) is 2.58. The molecule has 1 saturated heterocycles. The maximum atomic E-state index is 12.6. The summed E-state index contributed by atoms with van der Waals surface area (Å²) in [5.41, 5.74) is 2.60. The molecular weight excluding hydrogens is 314 g/mol. The topological polar surface area (TPSA) is 64.6 Å². The summed E-state index contributed by atoms with van der Waals surface area (Å²) in [5, 5.41) is 0. The minimum atomic E-state index is -3.55. The van der Waals surface area contributed by atoms with Crippen LogP contribution in [0.25, 0.3) is 0 Å². The van der Waals surface area contributed by atoms with Crippen LogP contribution in [-0.4, -0.2) is 33.5 Å². The molecule has 1 N–H and O–H groups in total. The van der Waals surface area contributed by atoms with Gasteiger partial charge in [-0.1, -0.05) is 17.7 Å². The van der Waals surface area contributed by atoms with Crippen LogP contribution in [0.3, 0.4) is 0 Å². The summed E-state index contributed by atoms with van der Waals surface area (Å²) in [4.78, 5) is 0.373. The van der Waals surface area contributed by atoms with Gasteiger partial charge in [-0.25, -0.2) is 13.1 Å². The molecule has 3 rings (SSSR count). The third-order valence-electron chi connectivity index (χ3n) is 4.65. The highest BCUT2D eigenvalue weighted by Crippen LogP contribution is 2.39. The molecule has 128 valence electrons. The second-order valence-electron chi connectivity index (χ2n) is 6.75. The summed E-state index contributed by atoms with van der Waals surface area (Å²) >= 11 is 0. The van der Waals surface area contributed by atoms with E-state index in [1.54, 1.807) is 0 Å². The Morgan fingerprint density at radius 1 is 1.17 bits per heavy atom. The van der Waals surface area contributed by atoms with Crippen LogP contribution in [0.2, 0.25) is 0 Å². The summed E-state index contributed by atoms with van der Waals surface area (Å²) < 4.78 is 39.7. The normalized spacial score (nSPS) is 23.7. The van der Waals surface area contributed by atoms with Crippen LogP contribution < -0.4 is 4.72 Å². The predicted molar refractivity (Wildman–Crippen MR) is 87.9 cm³/mol. The standard InChI is InChI=1S/C17H25NO4S/c1-12-8-13(2)16(14(3)9-12)23(19,20)18-10-15-11-21-17(22-15)6-4-5-7-17/h8-9,15,18H,4-7,10-11H2,1-3H3/t15-/m1/s1. The van der Waals surface area contributed by atoms with Crippen LogP contribution in [0.1, 0.15) is 42.4 Å². The molecule has 1 aromatic rings. The number of rotatable bonds is 4. The third-order valence-corrected chi connectivity index (χ3v) is 6.38. The SMILES string of the molecule is Cc1cc(C)c(S(=O)(=O)NC[C@@H]2COC3(CCCC3)O2)c(C)c1. The Hall–Kier alpha value is -0.950. The molecule has 23 heavy (non-hydrogen) atoms. The lowest BCUT2D eigenvalue weighted by molar-refractivity contribution is -0.160. The van der Waals surface area contributed by atoms with Gasteiger partial charge in [0.2, 0.25) is 10.0 Å². The number of benzene rings is 1. The lowest BCUT2D eigenvalue weighted by Gasteiger charge is -2.22. The van der Waals surface area contributed by atoms with E-state index in [-0.39, 0.29) is 12.6 Å². The Morgan fingerprint density at radius 3 is 2.39 bits per heavy atom. The summed E-state index contributed by atoms with van der Waals surface area (Å²) in [6.07, 6.45) is 3.83. The van der Waals surface area contributed by atoms with Gasteiger partial charge in [0.25, 0.3) is 0 Å². The molecule has 1 aliphatic carbocycles. The zero-order valence-corrected chi connectivity index (χ0v) is 14.8. The lowest BCUT2D eigenvalue weighted by atomic mass is 10.1. The van der Waals surface area contributed by atoms with Crippen molar-refractivity contribution < 1.29 is 17.9 Å². The number of aryl methyl sites for hydroxylation is 3. The van der Waals surface area contributed by atoms with E-state index < -0.39 is 15.8 Å². The van der Waals surface area contributed by atoms with Gasteiger partial charge in [-0.2, -0.15) is 0 Å². The zero-order chi connectivity index (χ0) is 16.7. The second-order valence-corrected chi connectivity index (χ2v) is 8.45. The van der Waals surface area contributed by atoms with Gasteiger partial charge in [0.05, 0.1) is 17.6 Å². The largest absolute Gasteiger partial charge is 0.347 e. The molecule has 1 saturated carbocycles. The molecular formula is C17H25NO4S. The minimum absolute atomic E-state index is 0.214. The first-order chi connectivity index (χ1) is 10.8. The highest BCUT2D eigenvalue weighted by molar-refractivity contribution is 7.89. The van der Waals surface area contributed by atoms with Crippen LogP contribution in [0.15, 0.2) is 17.0 Å². The Balaban J connectivity index is 1.68. The average molecular weight is 339 g/mol. The molecule has 0 unspecified atom stereocenters. The van der Waals surface area contributed by atoms with E-state index in [0.29, 0.717) is 11.5 Å². The number of hydrogen-bond donors (Lipinski definition) is 1. The van der Waals surface area contributed by atoms with Crippen molar-refractivity contribution in [2.24, 2.45) is 0 Å². The zero-order valence-electron chi connectivity index (χ0n) is 14.0.